The Morgan fingerprint density at radius 3 is 2.58 bits per heavy atom. The van der Waals surface area contributed by atoms with Crippen molar-refractivity contribution in [3.8, 4) is 0 Å². The van der Waals surface area contributed by atoms with Gasteiger partial charge >= 0.3 is 0 Å². The van der Waals surface area contributed by atoms with Crippen molar-refractivity contribution in [1.82, 2.24) is 9.97 Å². The molecule has 2 rings (SSSR count). The van der Waals surface area contributed by atoms with E-state index in [9.17, 15) is 8.42 Å². The standard InChI is InChI=1S/C11H10N4O2S2/c12-11(18)8-2-1-3-10(4-8)19(16,17)15-9-5-13-7-14-6-9/h1-7,15H,(H2,12,18). The first kappa shape index (κ1) is 13.4. The van der Waals surface area contributed by atoms with Crippen LogP contribution >= 0.6 is 12.2 Å². The normalized spacial score (nSPS) is 10.9. The van der Waals surface area contributed by atoms with Crippen LogP contribution < -0.4 is 10.5 Å². The molecule has 0 saturated heterocycles. The molecule has 1 aromatic heterocycles. The topological polar surface area (TPSA) is 98.0 Å². The Kier molecular flexibility index (Phi) is 3.72. The van der Waals surface area contributed by atoms with Crippen LogP contribution in [0.1, 0.15) is 5.56 Å². The fraction of sp³-hybridized carbons (Fsp3) is 0. The second kappa shape index (κ2) is 5.29. The molecule has 0 saturated carbocycles. The number of nitrogens with two attached hydrogens (primary N) is 1. The number of hydrogen-bond donors (Lipinski definition) is 2. The number of sulfonamides is 1. The lowest BCUT2D eigenvalue weighted by Gasteiger charge is -2.08. The van der Waals surface area contributed by atoms with E-state index in [2.05, 4.69) is 14.7 Å². The minimum absolute atomic E-state index is 0.0710. The lowest BCUT2D eigenvalue weighted by atomic mass is 10.2. The van der Waals surface area contributed by atoms with Gasteiger partial charge in [-0.05, 0) is 12.1 Å². The summed E-state index contributed by atoms with van der Waals surface area (Å²) in [5.74, 6) is 0. The maximum absolute atomic E-state index is 12.1. The fourth-order valence-corrected chi connectivity index (χ4v) is 2.58. The van der Waals surface area contributed by atoms with Crippen LogP contribution in [0.5, 0.6) is 0 Å². The van der Waals surface area contributed by atoms with Crippen molar-refractivity contribution in [1.29, 1.82) is 0 Å². The molecule has 0 aliphatic heterocycles. The second-order valence-electron chi connectivity index (χ2n) is 3.62. The summed E-state index contributed by atoms with van der Waals surface area (Å²) in [5.41, 5.74) is 6.24. The fourth-order valence-electron chi connectivity index (χ4n) is 1.38. The van der Waals surface area contributed by atoms with Crippen LogP contribution in [0.2, 0.25) is 0 Å². The van der Waals surface area contributed by atoms with Crippen LogP contribution in [0.4, 0.5) is 5.69 Å². The highest BCUT2D eigenvalue weighted by atomic mass is 32.2. The van der Waals surface area contributed by atoms with Crippen LogP contribution in [0.25, 0.3) is 0 Å². The first-order valence-corrected chi connectivity index (χ1v) is 7.06. The third kappa shape index (κ3) is 3.24. The van der Waals surface area contributed by atoms with E-state index in [0.29, 0.717) is 5.56 Å². The average molecular weight is 294 g/mol. The Bertz CT molecular complexity index is 702. The van der Waals surface area contributed by atoms with Gasteiger partial charge in [0.1, 0.15) is 11.3 Å². The van der Waals surface area contributed by atoms with Crippen LogP contribution in [-0.2, 0) is 10.0 Å². The first-order chi connectivity index (χ1) is 8.99. The number of aromatic nitrogens is 2. The van der Waals surface area contributed by atoms with Gasteiger partial charge < -0.3 is 5.73 Å². The van der Waals surface area contributed by atoms with Crippen molar-refractivity contribution in [2.24, 2.45) is 5.73 Å². The van der Waals surface area contributed by atoms with Gasteiger partial charge in [-0.2, -0.15) is 0 Å². The van der Waals surface area contributed by atoms with E-state index < -0.39 is 10.0 Å². The van der Waals surface area contributed by atoms with E-state index in [4.69, 9.17) is 18.0 Å². The lowest BCUT2D eigenvalue weighted by molar-refractivity contribution is 0.601. The number of rotatable bonds is 4. The quantitative estimate of drug-likeness (QED) is 0.813. The summed E-state index contributed by atoms with van der Waals surface area (Å²) in [5, 5.41) is 0. The molecule has 0 unspecified atom stereocenters. The molecule has 0 aliphatic carbocycles. The average Bonchev–Trinajstić information content (AvgIpc) is 2.39. The number of benzene rings is 1. The summed E-state index contributed by atoms with van der Waals surface area (Å²) in [6.45, 7) is 0. The molecule has 1 aromatic carbocycles. The molecule has 0 radical (unpaired) electrons. The SMILES string of the molecule is NC(=S)c1cccc(S(=O)(=O)Nc2cncnc2)c1. The Labute approximate surface area is 115 Å². The van der Waals surface area contributed by atoms with E-state index in [1.54, 1.807) is 12.1 Å². The monoisotopic (exact) mass is 294 g/mol. The molecule has 8 heteroatoms. The van der Waals surface area contributed by atoms with Gasteiger partial charge in [-0.15, -0.1) is 0 Å². The van der Waals surface area contributed by atoms with Gasteiger partial charge in [-0.3, -0.25) is 4.72 Å². The molecule has 2 aromatic rings. The molecule has 1 heterocycles. The summed E-state index contributed by atoms with van der Waals surface area (Å²) in [6.07, 6.45) is 4.04. The van der Waals surface area contributed by atoms with Crippen LogP contribution in [-0.4, -0.2) is 23.4 Å². The minimum Gasteiger partial charge on any atom is -0.389 e. The van der Waals surface area contributed by atoms with Gasteiger partial charge in [0.25, 0.3) is 10.0 Å². The molecule has 3 N–H and O–H groups in total. The van der Waals surface area contributed by atoms with E-state index in [1.165, 1.54) is 30.9 Å². The van der Waals surface area contributed by atoms with Gasteiger partial charge in [0.05, 0.1) is 23.0 Å². The largest absolute Gasteiger partial charge is 0.389 e. The lowest BCUT2D eigenvalue weighted by Crippen LogP contribution is -2.15. The highest BCUT2D eigenvalue weighted by Crippen LogP contribution is 2.15. The molecule has 98 valence electrons. The predicted molar refractivity (Wildman–Crippen MR) is 75.2 cm³/mol. The number of nitrogens with one attached hydrogen (secondary N) is 1. The smallest absolute Gasteiger partial charge is 0.262 e. The molecule has 6 nitrogen and oxygen atoms in total. The van der Waals surface area contributed by atoms with E-state index >= 15 is 0 Å². The number of thiocarbonyl (C=S) groups is 1. The van der Waals surface area contributed by atoms with Crippen LogP contribution in [0.3, 0.4) is 0 Å². The Morgan fingerprint density at radius 2 is 1.95 bits per heavy atom. The minimum atomic E-state index is -3.71. The van der Waals surface area contributed by atoms with Crippen molar-refractivity contribution in [2.75, 3.05) is 4.72 Å². The van der Waals surface area contributed by atoms with E-state index in [0.717, 1.165) is 0 Å². The highest BCUT2D eigenvalue weighted by Gasteiger charge is 2.15. The molecule has 0 fully saturated rings. The Morgan fingerprint density at radius 1 is 1.26 bits per heavy atom. The first-order valence-electron chi connectivity index (χ1n) is 5.17. The van der Waals surface area contributed by atoms with Crippen LogP contribution in [0, 0.1) is 0 Å². The zero-order valence-corrected chi connectivity index (χ0v) is 11.3. The van der Waals surface area contributed by atoms with Gasteiger partial charge in [0.15, 0.2) is 0 Å². The molecule has 0 spiro atoms. The van der Waals surface area contributed by atoms with Gasteiger partial charge in [0.2, 0.25) is 0 Å². The maximum Gasteiger partial charge on any atom is 0.262 e. The summed E-state index contributed by atoms with van der Waals surface area (Å²) in [6, 6.07) is 6.08. The van der Waals surface area contributed by atoms with E-state index in [-0.39, 0.29) is 15.6 Å². The number of nitrogens with zero attached hydrogens (tertiary/aromatic N) is 2. The van der Waals surface area contributed by atoms with Gasteiger partial charge in [-0.1, -0.05) is 24.4 Å². The molecule has 0 amide bonds. The molecule has 0 aliphatic rings. The Hall–Kier alpha value is -2.06. The van der Waals surface area contributed by atoms with Crippen molar-refractivity contribution >= 4 is 32.9 Å². The highest BCUT2D eigenvalue weighted by molar-refractivity contribution is 7.92. The summed E-state index contributed by atoms with van der Waals surface area (Å²) in [7, 11) is -3.71. The maximum atomic E-state index is 12.1. The zero-order valence-electron chi connectivity index (χ0n) is 9.65. The van der Waals surface area contributed by atoms with Crippen molar-refractivity contribution in [3.05, 3.63) is 48.5 Å². The molecular weight excluding hydrogens is 284 g/mol. The van der Waals surface area contributed by atoms with Crippen molar-refractivity contribution in [3.63, 3.8) is 0 Å². The Balaban J connectivity index is 2.35. The van der Waals surface area contributed by atoms with Gasteiger partial charge in [0, 0.05) is 5.56 Å². The third-order valence-electron chi connectivity index (χ3n) is 2.24. The van der Waals surface area contributed by atoms with Crippen LogP contribution in [0.15, 0.2) is 47.9 Å². The van der Waals surface area contributed by atoms with Crippen molar-refractivity contribution in [2.45, 2.75) is 4.90 Å². The zero-order chi connectivity index (χ0) is 13.9. The summed E-state index contributed by atoms with van der Waals surface area (Å²) in [4.78, 5) is 7.67. The molecular formula is C11H10N4O2S2. The summed E-state index contributed by atoms with van der Waals surface area (Å²) >= 11 is 4.82. The molecule has 0 bridgehead atoms. The third-order valence-corrected chi connectivity index (χ3v) is 3.86. The summed E-state index contributed by atoms with van der Waals surface area (Å²) < 4.78 is 26.6. The number of anilines is 1. The van der Waals surface area contributed by atoms with Crippen molar-refractivity contribution < 1.29 is 8.42 Å². The van der Waals surface area contributed by atoms with E-state index in [1.807, 2.05) is 0 Å². The molecule has 0 atom stereocenters. The number of hydrogen-bond acceptors (Lipinski definition) is 5. The predicted octanol–water partition coefficient (Wildman–Crippen LogP) is 0.912. The molecule has 19 heavy (non-hydrogen) atoms. The van der Waals surface area contributed by atoms with Gasteiger partial charge in [-0.25, -0.2) is 18.4 Å². The second-order valence-corrected chi connectivity index (χ2v) is 5.75.